The third-order valence-corrected chi connectivity index (χ3v) is 8.06. The van der Waals surface area contributed by atoms with Gasteiger partial charge in [-0.25, -0.2) is 24.3 Å². The molecule has 1 heterocycles. The molecule has 6 atom stereocenters. The second kappa shape index (κ2) is 11.1. The maximum Gasteiger partial charge on any atom is 0.191 e. The van der Waals surface area contributed by atoms with E-state index in [1.54, 1.807) is 6.07 Å². The minimum absolute atomic E-state index is 0.0402. The van der Waals surface area contributed by atoms with Gasteiger partial charge >= 0.3 is 0 Å². The van der Waals surface area contributed by atoms with Crippen molar-refractivity contribution in [1.82, 2.24) is 9.97 Å². The predicted octanol–water partition coefficient (Wildman–Crippen LogP) is 3.17. The Bertz CT molecular complexity index is 1140. The first-order valence-electron chi connectivity index (χ1n) is 12.4. The van der Waals surface area contributed by atoms with E-state index < -0.39 is 36.0 Å². The Balaban J connectivity index is 1.36. The summed E-state index contributed by atoms with van der Waals surface area (Å²) in [6.07, 6.45) is 0.312. The molecule has 37 heavy (non-hydrogen) atoms. The van der Waals surface area contributed by atoms with Crippen molar-refractivity contribution in [2.45, 2.75) is 67.2 Å². The Morgan fingerprint density at radius 1 is 1.05 bits per heavy atom. The average molecular weight is 537 g/mol. The van der Waals surface area contributed by atoms with Gasteiger partial charge in [0.05, 0.1) is 25.4 Å². The number of nitrogens with zero attached hydrogens (tertiary/aromatic N) is 3. The summed E-state index contributed by atoms with van der Waals surface area (Å²) >= 11 is 1.50. The molecule has 1 aromatic carbocycles. The van der Waals surface area contributed by atoms with E-state index in [1.165, 1.54) is 30.7 Å². The summed E-state index contributed by atoms with van der Waals surface area (Å²) in [6, 6.07) is 3.14. The minimum atomic E-state index is -1.16. The number of halogens is 2. The van der Waals surface area contributed by atoms with Crippen molar-refractivity contribution in [2.24, 2.45) is 11.0 Å². The minimum Gasteiger partial charge on any atom is -0.394 e. The van der Waals surface area contributed by atoms with Gasteiger partial charge in [-0.15, -0.1) is 0 Å². The Morgan fingerprint density at radius 2 is 1.78 bits per heavy atom. The van der Waals surface area contributed by atoms with Gasteiger partial charge in [-0.2, -0.15) is 5.11 Å². The van der Waals surface area contributed by atoms with Crippen molar-refractivity contribution in [3.63, 3.8) is 0 Å². The standard InChI is InChI=1S/C24H30F2N6O4S/c25-14-4-3-12(7-15(14)26)13-8-16(13)28-22-19(32-27)23(31-24(30-22)37-10-11-1-2-11)29-17-9-18(36-6-5-33)21(35)20(17)34/h3-4,7,11,13,16-18,20-21,27,33-35H,1-2,5-6,8-10H2,(H2,28,29,30,31). The number of rotatable bonds is 12. The van der Waals surface area contributed by atoms with Crippen LogP contribution in [-0.2, 0) is 4.74 Å². The average Bonchev–Trinajstić information content (AvgIpc) is 3.81. The molecular weight excluding hydrogens is 506 g/mol. The van der Waals surface area contributed by atoms with Crippen molar-refractivity contribution in [2.75, 3.05) is 29.6 Å². The van der Waals surface area contributed by atoms with Crippen LogP contribution in [0.2, 0.25) is 0 Å². The van der Waals surface area contributed by atoms with Gasteiger partial charge in [-0.1, -0.05) is 17.8 Å². The smallest absolute Gasteiger partial charge is 0.191 e. The van der Waals surface area contributed by atoms with Gasteiger partial charge in [-0.05, 0) is 49.3 Å². The first kappa shape index (κ1) is 26.2. The van der Waals surface area contributed by atoms with E-state index in [2.05, 4.69) is 25.7 Å². The number of benzene rings is 1. The molecule has 6 N–H and O–H groups in total. The third kappa shape index (κ3) is 6.01. The van der Waals surface area contributed by atoms with Crippen LogP contribution >= 0.6 is 11.8 Å². The molecule has 5 rings (SSSR count). The van der Waals surface area contributed by atoms with Crippen LogP contribution in [0.4, 0.5) is 26.1 Å². The van der Waals surface area contributed by atoms with Crippen molar-refractivity contribution < 1.29 is 28.8 Å². The highest BCUT2D eigenvalue weighted by molar-refractivity contribution is 7.99. The molecule has 200 valence electrons. The van der Waals surface area contributed by atoms with Crippen LogP contribution < -0.4 is 10.6 Å². The predicted molar refractivity (Wildman–Crippen MR) is 132 cm³/mol. The van der Waals surface area contributed by atoms with E-state index in [0.29, 0.717) is 28.9 Å². The molecule has 3 aliphatic rings. The number of aromatic nitrogens is 2. The summed E-state index contributed by atoms with van der Waals surface area (Å²) in [5.41, 5.74) is 8.62. The quantitative estimate of drug-likeness (QED) is 0.136. The van der Waals surface area contributed by atoms with Gasteiger partial charge in [0, 0.05) is 17.7 Å². The highest BCUT2D eigenvalue weighted by Gasteiger charge is 2.43. The lowest BCUT2D eigenvalue weighted by atomic mass is 10.1. The van der Waals surface area contributed by atoms with Gasteiger partial charge in [0.1, 0.15) is 12.2 Å². The SMILES string of the molecule is N=Nc1c(NC2CC2c2ccc(F)c(F)c2)nc(SCC2CC2)nc1NC1CC(OCCO)C(O)C1O. The molecule has 0 spiro atoms. The molecular formula is C24H30F2N6O4S. The van der Waals surface area contributed by atoms with Crippen LogP contribution in [0, 0.1) is 23.1 Å². The molecule has 10 nitrogen and oxygen atoms in total. The van der Waals surface area contributed by atoms with Gasteiger partial charge < -0.3 is 30.7 Å². The molecule has 1 aromatic heterocycles. The molecule has 6 unspecified atom stereocenters. The molecule has 3 saturated carbocycles. The summed E-state index contributed by atoms with van der Waals surface area (Å²) in [6.45, 7) is -0.160. The zero-order valence-electron chi connectivity index (χ0n) is 20.0. The third-order valence-electron chi connectivity index (χ3n) is 6.98. The Hall–Kier alpha value is -2.45. The Morgan fingerprint density at radius 3 is 2.43 bits per heavy atom. The fourth-order valence-corrected chi connectivity index (χ4v) is 5.63. The Labute approximate surface area is 216 Å². The number of anilines is 2. The van der Waals surface area contributed by atoms with Crippen molar-refractivity contribution in [3.05, 3.63) is 35.4 Å². The summed E-state index contributed by atoms with van der Waals surface area (Å²) in [7, 11) is 0. The maximum atomic E-state index is 13.7. The topological polar surface area (TPSA) is 156 Å². The fourth-order valence-electron chi connectivity index (χ4n) is 4.60. The maximum absolute atomic E-state index is 13.7. The van der Waals surface area contributed by atoms with E-state index >= 15 is 0 Å². The van der Waals surface area contributed by atoms with Crippen LogP contribution in [0.15, 0.2) is 28.5 Å². The van der Waals surface area contributed by atoms with Gasteiger partial charge in [-0.3, -0.25) is 0 Å². The summed E-state index contributed by atoms with van der Waals surface area (Å²) in [5.74, 6) is 0.237. The lowest BCUT2D eigenvalue weighted by Gasteiger charge is -2.20. The molecule has 2 aromatic rings. The molecule has 0 bridgehead atoms. The number of aliphatic hydroxyl groups is 3. The molecule has 0 aliphatic heterocycles. The van der Waals surface area contributed by atoms with E-state index in [0.717, 1.165) is 11.8 Å². The summed E-state index contributed by atoms with van der Waals surface area (Å²) in [5, 5.41) is 40.5. The van der Waals surface area contributed by atoms with E-state index in [4.69, 9.17) is 15.4 Å². The highest BCUT2D eigenvalue weighted by atomic mass is 32.2. The first-order chi connectivity index (χ1) is 17.9. The normalized spacial score (nSPS) is 28.8. The lowest BCUT2D eigenvalue weighted by Crippen LogP contribution is -2.36. The van der Waals surface area contributed by atoms with Gasteiger partial charge in [0.15, 0.2) is 34.1 Å². The largest absolute Gasteiger partial charge is 0.394 e. The molecule has 0 radical (unpaired) electrons. The zero-order chi connectivity index (χ0) is 26.1. The summed E-state index contributed by atoms with van der Waals surface area (Å²) < 4.78 is 32.5. The second-order valence-corrected chi connectivity index (χ2v) is 10.8. The Kier molecular flexibility index (Phi) is 7.86. The number of nitrogens with one attached hydrogen (secondary N) is 3. The molecule has 3 fully saturated rings. The number of ether oxygens (including phenoxy) is 1. The monoisotopic (exact) mass is 536 g/mol. The fraction of sp³-hybridized carbons (Fsp3) is 0.583. The number of thioether (sulfide) groups is 1. The molecule has 0 amide bonds. The number of hydrogen-bond donors (Lipinski definition) is 6. The van der Waals surface area contributed by atoms with Gasteiger partial charge in [0.25, 0.3) is 0 Å². The van der Waals surface area contributed by atoms with E-state index in [9.17, 15) is 19.0 Å². The molecule has 13 heteroatoms. The first-order valence-corrected chi connectivity index (χ1v) is 13.4. The summed E-state index contributed by atoms with van der Waals surface area (Å²) in [4.78, 5) is 9.16. The van der Waals surface area contributed by atoms with Gasteiger partial charge in [0.2, 0.25) is 0 Å². The zero-order valence-corrected chi connectivity index (χ0v) is 20.8. The second-order valence-electron chi connectivity index (χ2n) is 9.79. The number of aliphatic hydroxyl groups excluding tert-OH is 3. The molecule has 3 aliphatic carbocycles. The highest BCUT2D eigenvalue weighted by Crippen LogP contribution is 2.45. The van der Waals surface area contributed by atoms with Crippen LogP contribution in [0.25, 0.3) is 0 Å². The van der Waals surface area contributed by atoms with E-state index in [1.807, 2.05) is 0 Å². The van der Waals surface area contributed by atoms with Crippen molar-refractivity contribution >= 4 is 29.1 Å². The van der Waals surface area contributed by atoms with Crippen LogP contribution in [0.5, 0.6) is 0 Å². The van der Waals surface area contributed by atoms with Crippen LogP contribution in [-0.4, -0.2) is 74.6 Å². The van der Waals surface area contributed by atoms with Crippen LogP contribution in [0.1, 0.15) is 37.2 Å². The van der Waals surface area contributed by atoms with Crippen molar-refractivity contribution in [3.8, 4) is 0 Å². The van der Waals surface area contributed by atoms with E-state index in [-0.39, 0.29) is 43.1 Å². The van der Waals surface area contributed by atoms with Crippen molar-refractivity contribution in [1.29, 1.82) is 5.53 Å². The number of hydrogen-bond acceptors (Lipinski definition) is 11. The lowest BCUT2D eigenvalue weighted by molar-refractivity contribution is -0.0612. The van der Waals surface area contributed by atoms with Crippen LogP contribution in [0.3, 0.4) is 0 Å². The molecule has 0 saturated heterocycles.